The maximum absolute atomic E-state index is 4.61. The molecular formula is C33H61N. The Morgan fingerprint density at radius 3 is 2.26 bits per heavy atom. The van der Waals surface area contributed by atoms with Gasteiger partial charge >= 0.3 is 0 Å². The minimum absolute atomic E-state index is 0. The number of hydrogen-bond donors (Lipinski definition) is 1. The van der Waals surface area contributed by atoms with Crippen LogP contribution in [0.1, 0.15) is 121 Å². The highest BCUT2D eigenvalue weighted by atomic mass is 14.6. The van der Waals surface area contributed by atoms with E-state index in [-0.39, 0.29) is 7.43 Å². The lowest BCUT2D eigenvalue weighted by Gasteiger charge is -2.57. The van der Waals surface area contributed by atoms with Crippen LogP contribution in [0.15, 0.2) is 48.2 Å². The van der Waals surface area contributed by atoms with Gasteiger partial charge in [0.2, 0.25) is 0 Å². The topological polar surface area (TPSA) is 26.0 Å². The minimum Gasteiger partial charge on any atom is -0.405 e. The normalized spacial score (nSPS) is 35.7. The Morgan fingerprint density at radius 1 is 1.12 bits per heavy atom. The van der Waals surface area contributed by atoms with Crippen molar-refractivity contribution in [2.75, 3.05) is 0 Å². The molecule has 0 heterocycles. The Kier molecular flexibility index (Phi) is 13.8. The molecule has 4 aliphatic carbocycles. The van der Waals surface area contributed by atoms with Crippen LogP contribution in [0.2, 0.25) is 0 Å². The van der Waals surface area contributed by atoms with Crippen LogP contribution in [0.5, 0.6) is 0 Å². The minimum atomic E-state index is 0. The summed E-state index contributed by atoms with van der Waals surface area (Å²) in [5, 5.41) is 0. The largest absolute Gasteiger partial charge is 0.405 e. The molecule has 0 bridgehead atoms. The van der Waals surface area contributed by atoms with Crippen LogP contribution in [0.25, 0.3) is 0 Å². The molecular weight excluding hydrogens is 410 g/mol. The molecule has 2 fully saturated rings. The summed E-state index contributed by atoms with van der Waals surface area (Å²) in [7, 11) is 0. The molecule has 1 heteroatoms. The molecule has 0 aromatic carbocycles. The van der Waals surface area contributed by atoms with Crippen molar-refractivity contribution in [3.8, 4) is 0 Å². The molecule has 4 aliphatic rings. The third kappa shape index (κ3) is 6.50. The van der Waals surface area contributed by atoms with E-state index in [0.717, 1.165) is 23.7 Å². The average molecular weight is 472 g/mol. The maximum Gasteiger partial charge on any atom is -0.00443 e. The van der Waals surface area contributed by atoms with Gasteiger partial charge in [0.05, 0.1) is 0 Å². The third-order valence-corrected chi connectivity index (χ3v) is 9.64. The summed E-state index contributed by atoms with van der Waals surface area (Å²) in [5.74, 6) is 4.45. The zero-order valence-electron chi connectivity index (χ0n) is 23.8. The first-order valence-electron chi connectivity index (χ1n) is 14.0. The first kappa shape index (κ1) is 32.8. The monoisotopic (exact) mass is 471 g/mol. The highest BCUT2D eigenvalue weighted by Crippen LogP contribution is 2.66. The van der Waals surface area contributed by atoms with Crippen molar-refractivity contribution in [2.24, 2.45) is 46.2 Å². The molecule has 0 aromatic rings. The first-order chi connectivity index (χ1) is 15.7. The van der Waals surface area contributed by atoms with Crippen LogP contribution in [-0.2, 0) is 0 Å². The molecule has 0 spiro atoms. The predicted molar refractivity (Wildman–Crippen MR) is 157 cm³/mol. The van der Waals surface area contributed by atoms with E-state index >= 15 is 0 Å². The van der Waals surface area contributed by atoms with Crippen molar-refractivity contribution in [3.63, 3.8) is 0 Å². The smallest absolute Gasteiger partial charge is 0.00443 e. The lowest BCUT2D eigenvalue weighted by molar-refractivity contribution is -0.0384. The van der Waals surface area contributed by atoms with Gasteiger partial charge in [-0.2, -0.15) is 0 Å². The van der Waals surface area contributed by atoms with E-state index in [1.165, 1.54) is 63.1 Å². The molecule has 2 saturated carbocycles. The zero-order chi connectivity index (χ0) is 25.4. The summed E-state index contributed by atoms with van der Waals surface area (Å²) in [6.07, 6.45) is 17.8. The van der Waals surface area contributed by atoms with Crippen molar-refractivity contribution in [2.45, 2.75) is 121 Å². The molecule has 2 N–H and O–H groups in total. The van der Waals surface area contributed by atoms with E-state index in [2.05, 4.69) is 65.7 Å². The Bertz CT molecular complexity index is 697. The molecule has 7 atom stereocenters. The van der Waals surface area contributed by atoms with E-state index < -0.39 is 0 Å². The summed E-state index contributed by atoms with van der Waals surface area (Å²) in [6, 6.07) is 0. The Morgan fingerprint density at radius 2 is 1.71 bits per heavy atom. The second-order valence-electron chi connectivity index (χ2n) is 11.2. The van der Waals surface area contributed by atoms with Crippen LogP contribution < -0.4 is 5.73 Å². The summed E-state index contributed by atoms with van der Waals surface area (Å²) >= 11 is 0. The van der Waals surface area contributed by atoms with Crippen LogP contribution in [0.4, 0.5) is 0 Å². The Balaban J connectivity index is 0.00000124. The zero-order valence-corrected chi connectivity index (χ0v) is 23.8. The fourth-order valence-electron chi connectivity index (χ4n) is 7.59. The Hall–Kier alpha value is -1.24. The number of nitrogens with two attached hydrogens (primary N) is 1. The molecule has 0 aliphatic heterocycles. The summed E-state index contributed by atoms with van der Waals surface area (Å²) in [4.78, 5) is 0. The number of allylic oxidation sites excluding steroid dienone is 5. The molecule has 6 unspecified atom stereocenters. The molecule has 34 heavy (non-hydrogen) atoms. The van der Waals surface area contributed by atoms with E-state index in [1.54, 1.807) is 11.1 Å². The number of fused-ring (bicyclic) bond motifs is 5. The van der Waals surface area contributed by atoms with Crippen molar-refractivity contribution in [3.05, 3.63) is 48.2 Å². The fraction of sp³-hybridized carbons (Fsp3) is 0.758. The predicted octanol–water partition coefficient (Wildman–Crippen LogP) is 10.5. The van der Waals surface area contributed by atoms with Gasteiger partial charge in [-0.15, -0.1) is 0 Å². The highest BCUT2D eigenvalue weighted by molar-refractivity contribution is 5.36. The van der Waals surface area contributed by atoms with Crippen LogP contribution in [0.3, 0.4) is 0 Å². The first-order valence-corrected chi connectivity index (χ1v) is 14.0. The van der Waals surface area contributed by atoms with Gasteiger partial charge in [0.25, 0.3) is 0 Å². The van der Waals surface area contributed by atoms with Crippen molar-refractivity contribution in [1.29, 1.82) is 0 Å². The van der Waals surface area contributed by atoms with Gasteiger partial charge in [-0.1, -0.05) is 92.3 Å². The highest BCUT2D eigenvalue weighted by Gasteiger charge is 2.57. The van der Waals surface area contributed by atoms with Crippen LogP contribution >= 0.6 is 0 Å². The van der Waals surface area contributed by atoms with E-state index in [1.807, 2.05) is 27.7 Å². The molecule has 0 saturated heterocycles. The quantitative estimate of drug-likeness (QED) is 0.407. The molecule has 0 radical (unpaired) electrons. The number of rotatable bonds is 3. The lowest BCUT2D eigenvalue weighted by atomic mass is 9.47. The summed E-state index contributed by atoms with van der Waals surface area (Å²) in [5.41, 5.74) is 10.3. The lowest BCUT2D eigenvalue weighted by Crippen LogP contribution is -2.49. The third-order valence-electron chi connectivity index (χ3n) is 9.64. The molecule has 0 aromatic heterocycles. The van der Waals surface area contributed by atoms with E-state index in [0.29, 0.717) is 16.7 Å². The van der Waals surface area contributed by atoms with Crippen molar-refractivity contribution in [1.82, 2.24) is 0 Å². The van der Waals surface area contributed by atoms with Crippen molar-refractivity contribution < 1.29 is 0 Å². The molecule has 1 nitrogen and oxygen atoms in total. The van der Waals surface area contributed by atoms with Crippen molar-refractivity contribution >= 4 is 0 Å². The second kappa shape index (κ2) is 14.4. The maximum atomic E-state index is 4.61. The van der Waals surface area contributed by atoms with E-state index in [4.69, 9.17) is 0 Å². The van der Waals surface area contributed by atoms with Gasteiger partial charge in [0.15, 0.2) is 0 Å². The van der Waals surface area contributed by atoms with Gasteiger partial charge in [0.1, 0.15) is 0 Å². The fourth-order valence-corrected chi connectivity index (χ4v) is 7.59. The van der Waals surface area contributed by atoms with Gasteiger partial charge in [-0.25, -0.2) is 0 Å². The van der Waals surface area contributed by atoms with Gasteiger partial charge in [0, 0.05) is 0 Å². The molecule has 4 rings (SSSR count). The average Bonchev–Trinajstić information content (AvgIpc) is 3.13. The molecule has 0 amide bonds. The molecule has 198 valence electrons. The van der Waals surface area contributed by atoms with Gasteiger partial charge < -0.3 is 5.73 Å². The SMILES string of the molecule is C.C=C(C)C(C)C[C@@H]1CCC2C3CC=C4C=C(C)CCC4(C)C3CCC21C.C=CN.CC.CC. The van der Waals surface area contributed by atoms with Gasteiger partial charge in [-0.05, 0) is 117 Å². The van der Waals surface area contributed by atoms with Crippen LogP contribution in [0, 0.1) is 40.4 Å². The van der Waals surface area contributed by atoms with E-state index in [9.17, 15) is 0 Å². The van der Waals surface area contributed by atoms with Gasteiger partial charge in [-0.3, -0.25) is 0 Å². The number of hydrogen-bond acceptors (Lipinski definition) is 1. The summed E-state index contributed by atoms with van der Waals surface area (Å²) in [6.45, 7) is 27.6. The standard InChI is InChI=1S/C26H40.C2H5N.2C2H6.CH4/c1-17(2)19(4)16-21-8-10-23-22-9-7-20-15-18(3)11-13-25(20,5)24(22)12-14-26(21,23)6;1-2-3;2*1-2;/h7,15,19,21-24H,1,8-14,16H2,2-6H3;2H,1,3H2;2*1-2H3;1H4/t19?,21-,22?,23?,24?,25?,26?;;;;/m0..../s1. The second-order valence-corrected chi connectivity index (χ2v) is 11.2. The van der Waals surface area contributed by atoms with Crippen LogP contribution in [-0.4, -0.2) is 0 Å². The Labute approximate surface area is 215 Å². The summed E-state index contributed by atoms with van der Waals surface area (Å²) < 4.78 is 0.